The van der Waals surface area contributed by atoms with E-state index in [1.165, 1.54) is 77.2 Å². The van der Waals surface area contributed by atoms with Crippen molar-refractivity contribution in [1.29, 1.82) is 0 Å². The number of hydrogen-bond donors (Lipinski definition) is 0. The Kier molecular flexibility index (Phi) is 4.17. The molecule has 0 unspecified atom stereocenters. The highest BCUT2D eigenvalue weighted by atomic mass is 14.4. The van der Waals surface area contributed by atoms with Crippen LogP contribution in [0.25, 0.3) is 54.9 Å². The first-order chi connectivity index (χ1) is 18.4. The molecule has 0 atom stereocenters. The molecule has 0 spiro atoms. The van der Waals surface area contributed by atoms with Gasteiger partial charge in [-0.2, -0.15) is 0 Å². The van der Waals surface area contributed by atoms with Crippen molar-refractivity contribution in [2.24, 2.45) is 0 Å². The highest BCUT2D eigenvalue weighted by Crippen LogP contribution is 2.56. The van der Waals surface area contributed by atoms with Crippen molar-refractivity contribution in [3.05, 3.63) is 131 Å². The van der Waals surface area contributed by atoms with Crippen molar-refractivity contribution in [3.8, 4) is 33.4 Å². The van der Waals surface area contributed by atoms with Gasteiger partial charge >= 0.3 is 0 Å². The monoisotopic (exact) mass is 486 g/mol. The molecule has 2 aliphatic rings. The van der Waals surface area contributed by atoms with Gasteiger partial charge in [-0.3, -0.25) is 0 Å². The summed E-state index contributed by atoms with van der Waals surface area (Å²) >= 11 is 0. The van der Waals surface area contributed by atoms with Crippen LogP contribution >= 0.6 is 0 Å². The SMILES string of the molecule is CC1(C)c2ccccc2-c2ccc(-c3cc4c(c5ccccc35)-c3c(ccc5ccccc35)C4(C)C)cc21. The zero-order valence-electron chi connectivity index (χ0n) is 22.4. The van der Waals surface area contributed by atoms with Gasteiger partial charge in [-0.1, -0.05) is 125 Å². The summed E-state index contributed by atoms with van der Waals surface area (Å²) in [6, 6.07) is 41.1. The Labute approximate surface area is 224 Å². The Hall–Kier alpha value is -4.16. The number of benzene rings is 6. The van der Waals surface area contributed by atoms with Crippen molar-refractivity contribution in [2.75, 3.05) is 0 Å². The van der Waals surface area contributed by atoms with Gasteiger partial charge in [0.05, 0.1) is 0 Å². The third-order valence-electron chi connectivity index (χ3n) is 9.46. The first-order valence-corrected chi connectivity index (χ1v) is 13.7. The first kappa shape index (κ1) is 21.9. The molecule has 38 heavy (non-hydrogen) atoms. The van der Waals surface area contributed by atoms with Crippen molar-refractivity contribution >= 4 is 21.5 Å². The van der Waals surface area contributed by atoms with Gasteiger partial charge in [-0.05, 0) is 89.3 Å². The third kappa shape index (κ3) is 2.65. The number of hydrogen-bond acceptors (Lipinski definition) is 0. The Morgan fingerprint density at radius 1 is 0.395 bits per heavy atom. The van der Waals surface area contributed by atoms with Crippen LogP contribution in [0.1, 0.15) is 49.9 Å². The van der Waals surface area contributed by atoms with E-state index >= 15 is 0 Å². The molecule has 2 aliphatic carbocycles. The highest BCUT2D eigenvalue weighted by molar-refractivity contribution is 6.14. The third-order valence-corrected chi connectivity index (χ3v) is 9.46. The van der Waals surface area contributed by atoms with Crippen LogP contribution in [0.5, 0.6) is 0 Å². The summed E-state index contributed by atoms with van der Waals surface area (Å²) in [7, 11) is 0. The molecule has 0 radical (unpaired) electrons. The van der Waals surface area contributed by atoms with Crippen molar-refractivity contribution in [2.45, 2.75) is 38.5 Å². The van der Waals surface area contributed by atoms with Crippen molar-refractivity contribution < 1.29 is 0 Å². The molecule has 0 bridgehead atoms. The van der Waals surface area contributed by atoms with Crippen LogP contribution in [0, 0.1) is 0 Å². The molecule has 0 saturated carbocycles. The Balaban J connectivity index is 1.43. The van der Waals surface area contributed by atoms with E-state index in [1.807, 2.05) is 0 Å². The lowest BCUT2D eigenvalue weighted by Gasteiger charge is -2.24. The maximum atomic E-state index is 2.50. The average molecular weight is 487 g/mol. The molecule has 6 aromatic carbocycles. The predicted molar refractivity (Wildman–Crippen MR) is 162 cm³/mol. The average Bonchev–Trinajstić information content (AvgIpc) is 3.32. The van der Waals surface area contributed by atoms with E-state index < -0.39 is 0 Å². The van der Waals surface area contributed by atoms with Gasteiger partial charge in [-0.25, -0.2) is 0 Å². The van der Waals surface area contributed by atoms with Crippen molar-refractivity contribution in [3.63, 3.8) is 0 Å². The molecular weight excluding hydrogens is 456 g/mol. The van der Waals surface area contributed by atoms with Crippen LogP contribution in [-0.4, -0.2) is 0 Å². The van der Waals surface area contributed by atoms with E-state index in [2.05, 4.69) is 137 Å². The van der Waals surface area contributed by atoms with Crippen LogP contribution in [-0.2, 0) is 10.8 Å². The summed E-state index contributed by atoms with van der Waals surface area (Å²) in [5.74, 6) is 0. The number of rotatable bonds is 1. The van der Waals surface area contributed by atoms with Gasteiger partial charge in [0.25, 0.3) is 0 Å². The van der Waals surface area contributed by atoms with Crippen LogP contribution in [0.2, 0.25) is 0 Å². The molecule has 8 rings (SSSR count). The second kappa shape index (κ2) is 7.23. The minimum Gasteiger partial charge on any atom is -0.0619 e. The quantitative estimate of drug-likeness (QED) is 0.217. The standard InChI is InChI=1S/C38H30/c1-37(2)31-16-10-9-14-27(31)28-19-17-24(21-33(28)37)30-22-34-36(29-15-8-7-13-26(29)30)35-25-12-6-5-11-23(25)18-20-32(35)38(34,3)4/h5-22H,1-4H3. The summed E-state index contributed by atoms with van der Waals surface area (Å²) in [6.45, 7) is 9.53. The maximum Gasteiger partial charge on any atom is 0.0159 e. The number of fused-ring (bicyclic) bond motifs is 10. The summed E-state index contributed by atoms with van der Waals surface area (Å²) in [5.41, 5.74) is 13.8. The van der Waals surface area contributed by atoms with Crippen LogP contribution in [0.4, 0.5) is 0 Å². The molecule has 0 heterocycles. The lowest BCUT2D eigenvalue weighted by molar-refractivity contribution is 0.660. The van der Waals surface area contributed by atoms with Crippen LogP contribution in [0.15, 0.2) is 109 Å². The largest absolute Gasteiger partial charge is 0.0619 e. The lowest BCUT2D eigenvalue weighted by atomic mass is 9.79. The molecule has 0 N–H and O–H groups in total. The van der Waals surface area contributed by atoms with E-state index in [0.717, 1.165) is 0 Å². The normalized spacial score (nSPS) is 15.8. The summed E-state index contributed by atoms with van der Waals surface area (Å²) < 4.78 is 0. The second-order valence-electron chi connectivity index (χ2n) is 12.2. The zero-order valence-corrected chi connectivity index (χ0v) is 22.4. The molecule has 0 heteroatoms. The predicted octanol–water partition coefficient (Wildman–Crippen LogP) is 10.3. The van der Waals surface area contributed by atoms with Gasteiger partial charge in [0.2, 0.25) is 0 Å². The Bertz CT molecular complexity index is 1970. The Morgan fingerprint density at radius 2 is 1.03 bits per heavy atom. The van der Waals surface area contributed by atoms with Gasteiger partial charge in [0.15, 0.2) is 0 Å². The summed E-state index contributed by atoms with van der Waals surface area (Å²) in [5, 5.41) is 5.34. The first-order valence-electron chi connectivity index (χ1n) is 13.7. The lowest BCUT2D eigenvalue weighted by Crippen LogP contribution is -2.15. The Morgan fingerprint density at radius 3 is 1.87 bits per heavy atom. The molecule has 0 aromatic heterocycles. The molecular formula is C38H30. The molecule has 0 fully saturated rings. The fourth-order valence-corrected chi connectivity index (χ4v) is 7.46. The molecule has 0 aliphatic heterocycles. The molecule has 182 valence electrons. The van der Waals surface area contributed by atoms with Gasteiger partial charge in [-0.15, -0.1) is 0 Å². The van der Waals surface area contributed by atoms with Crippen LogP contribution in [0.3, 0.4) is 0 Å². The molecule has 0 nitrogen and oxygen atoms in total. The summed E-state index contributed by atoms with van der Waals surface area (Å²) in [6.07, 6.45) is 0. The second-order valence-corrected chi connectivity index (χ2v) is 12.2. The molecule has 6 aromatic rings. The van der Waals surface area contributed by atoms with E-state index in [-0.39, 0.29) is 10.8 Å². The maximum absolute atomic E-state index is 2.50. The fourth-order valence-electron chi connectivity index (χ4n) is 7.46. The minimum atomic E-state index is -0.0697. The minimum absolute atomic E-state index is 0.0110. The highest BCUT2D eigenvalue weighted by Gasteiger charge is 2.39. The van der Waals surface area contributed by atoms with E-state index in [1.54, 1.807) is 0 Å². The smallest absolute Gasteiger partial charge is 0.0159 e. The van der Waals surface area contributed by atoms with E-state index in [4.69, 9.17) is 0 Å². The van der Waals surface area contributed by atoms with Gasteiger partial charge in [0, 0.05) is 10.8 Å². The topological polar surface area (TPSA) is 0 Å². The summed E-state index contributed by atoms with van der Waals surface area (Å²) in [4.78, 5) is 0. The van der Waals surface area contributed by atoms with Gasteiger partial charge in [0.1, 0.15) is 0 Å². The van der Waals surface area contributed by atoms with Crippen LogP contribution < -0.4 is 0 Å². The van der Waals surface area contributed by atoms with E-state index in [9.17, 15) is 0 Å². The fraction of sp³-hybridized carbons (Fsp3) is 0.158. The van der Waals surface area contributed by atoms with Crippen molar-refractivity contribution in [1.82, 2.24) is 0 Å². The van der Waals surface area contributed by atoms with E-state index in [0.29, 0.717) is 0 Å². The zero-order chi connectivity index (χ0) is 25.8. The molecule has 0 saturated heterocycles. The van der Waals surface area contributed by atoms with Gasteiger partial charge < -0.3 is 0 Å². The molecule has 0 amide bonds.